The largest absolute Gasteiger partial charge is 0.416 e. The molecule has 1 aliphatic rings. The van der Waals surface area contributed by atoms with Gasteiger partial charge in [-0.2, -0.15) is 26.3 Å². The van der Waals surface area contributed by atoms with Gasteiger partial charge < -0.3 is 0 Å². The Bertz CT molecular complexity index is 1250. The highest BCUT2D eigenvalue weighted by atomic mass is 32.2. The number of alkyl halides is 7. The quantitative estimate of drug-likeness (QED) is 0.544. The maximum Gasteiger partial charge on any atom is 0.416 e. The van der Waals surface area contributed by atoms with Gasteiger partial charge in [-0.05, 0) is 68.1 Å². The van der Waals surface area contributed by atoms with Gasteiger partial charge in [-0.15, -0.1) is 0 Å². The summed E-state index contributed by atoms with van der Waals surface area (Å²) in [5.41, 5.74) is -2.30. The monoisotopic (exact) mass is 533 g/mol. The Morgan fingerprint density at radius 3 is 1.79 bits per heavy atom. The van der Waals surface area contributed by atoms with Crippen molar-refractivity contribution in [3.8, 4) is 0 Å². The Hall–Kier alpha value is -2.19. The summed E-state index contributed by atoms with van der Waals surface area (Å²) in [6.07, 6.45) is -11.5. The fourth-order valence-electron chi connectivity index (χ4n) is 3.60. The van der Waals surface area contributed by atoms with Gasteiger partial charge in [-0.3, -0.25) is 0 Å². The summed E-state index contributed by atoms with van der Waals surface area (Å²) in [5.74, 6) is 0. The number of sulfonamides is 1. The normalized spacial score (nSPS) is 22.5. The molecule has 1 aliphatic carbocycles. The van der Waals surface area contributed by atoms with Crippen molar-refractivity contribution in [2.75, 3.05) is 0 Å². The summed E-state index contributed by atoms with van der Waals surface area (Å²) < 4.78 is 145. The second-order valence-corrected chi connectivity index (χ2v) is 11.8. The summed E-state index contributed by atoms with van der Waals surface area (Å²) in [7, 11) is -9.12. The zero-order valence-corrected chi connectivity index (χ0v) is 18.8. The van der Waals surface area contributed by atoms with Gasteiger partial charge in [0.1, 0.15) is 0 Å². The fourth-order valence-corrected chi connectivity index (χ4v) is 6.64. The van der Waals surface area contributed by atoms with Crippen LogP contribution in [0, 0.1) is 0 Å². The number of rotatable bonds is 5. The van der Waals surface area contributed by atoms with E-state index < -0.39 is 77.0 Å². The molecular formula is C20H18F7NO4S2. The summed E-state index contributed by atoms with van der Waals surface area (Å²) in [5, 5.41) is -2.91. The first-order chi connectivity index (χ1) is 15.5. The molecule has 1 saturated carbocycles. The number of benzene rings is 2. The fraction of sp³-hybridized carbons (Fsp3) is 0.400. The van der Waals surface area contributed by atoms with E-state index in [1.54, 1.807) is 0 Å². The van der Waals surface area contributed by atoms with Crippen molar-refractivity contribution in [2.45, 2.75) is 58.9 Å². The van der Waals surface area contributed by atoms with Crippen molar-refractivity contribution in [1.82, 2.24) is 4.72 Å². The lowest BCUT2D eigenvalue weighted by Crippen LogP contribution is -2.45. The van der Waals surface area contributed by atoms with Crippen LogP contribution in [-0.2, 0) is 32.2 Å². The van der Waals surface area contributed by atoms with E-state index in [9.17, 15) is 43.2 Å². The van der Waals surface area contributed by atoms with E-state index in [0.717, 1.165) is 24.3 Å². The van der Waals surface area contributed by atoms with E-state index in [1.807, 2.05) is 0 Å². The van der Waals surface area contributed by atoms with Gasteiger partial charge in [0.15, 0.2) is 0 Å². The smallest absolute Gasteiger partial charge is 0.226 e. The molecule has 0 aliphatic heterocycles. The lowest BCUT2D eigenvalue weighted by molar-refractivity contribution is -0.138. The molecule has 0 spiro atoms. The predicted molar refractivity (Wildman–Crippen MR) is 106 cm³/mol. The van der Waals surface area contributed by atoms with Gasteiger partial charge in [-0.1, -0.05) is 6.07 Å². The topological polar surface area (TPSA) is 80.3 Å². The molecule has 1 N–H and O–H groups in total. The molecule has 0 aromatic heterocycles. The maximum atomic E-state index is 15.4. The van der Waals surface area contributed by atoms with Gasteiger partial charge in [0.05, 0.1) is 20.9 Å². The lowest BCUT2D eigenvalue weighted by Gasteiger charge is -2.33. The molecule has 2 aromatic carbocycles. The Labute approximate surface area is 190 Å². The van der Waals surface area contributed by atoms with E-state index in [2.05, 4.69) is 4.72 Å². The molecule has 0 radical (unpaired) electrons. The van der Waals surface area contributed by atoms with Gasteiger partial charge >= 0.3 is 12.4 Å². The van der Waals surface area contributed by atoms with Crippen LogP contribution in [-0.4, -0.2) is 27.9 Å². The molecule has 3 rings (SSSR count). The third-order valence-corrected chi connectivity index (χ3v) is 9.28. The summed E-state index contributed by atoms with van der Waals surface area (Å²) in [6.45, 7) is 0. The van der Waals surface area contributed by atoms with Crippen molar-refractivity contribution in [3.05, 3.63) is 59.7 Å². The Morgan fingerprint density at radius 1 is 0.765 bits per heavy atom. The Kier molecular flexibility index (Phi) is 6.83. The summed E-state index contributed by atoms with van der Waals surface area (Å²) in [4.78, 5) is -1.30. The van der Waals surface area contributed by atoms with E-state index in [4.69, 9.17) is 0 Å². The average Bonchev–Trinajstić information content (AvgIpc) is 2.74. The minimum absolute atomic E-state index is 0.297. The van der Waals surface area contributed by atoms with Crippen molar-refractivity contribution in [2.24, 2.45) is 0 Å². The second kappa shape index (κ2) is 8.79. The lowest BCUT2D eigenvalue weighted by atomic mass is 9.94. The van der Waals surface area contributed by atoms with Crippen LogP contribution in [0.25, 0.3) is 0 Å². The van der Waals surface area contributed by atoms with Crippen LogP contribution in [0.5, 0.6) is 0 Å². The third kappa shape index (κ3) is 5.38. The van der Waals surface area contributed by atoms with E-state index in [-0.39, 0.29) is 12.8 Å². The maximum absolute atomic E-state index is 15.4. The van der Waals surface area contributed by atoms with Crippen molar-refractivity contribution >= 4 is 19.9 Å². The molecule has 0 heterocycles. The van der Waals surface area contributed by atoms with Crippen molar-refractivity contribution in [3.63, 3.8) is 0 Å². The van der Waals surface area contributed by atoms with Gasteiger partial charge in [0.2, 0.25) is 24.9 Å². The predicted octanol–water partition coefficient (Wildman–Crippen LogP) is 5.08. The van der Waals surface area contributed by atoms with Crippen LogP contribution in [0.2, 0.25) is 0 Å². The number of hydrogen-bond donors (Lipinski definition) is 1. The first-order valence-electron chi connectivity index (χ1n) is 9.76. The highest BCUT2D eigenvalue weighted by Crippen LogP contribution is 2.42. The SMILES string of the molecule is O=S(=O)(NC1CCC(F)(S(=O)(=O)c2cccc(C(F)(F)F)c2)CC1)c1ccc(C(F)(F)F)cc1. The molecule has 0 unspecified atom stereocenters. The van der Waals surface area contributed by atoms with Crippen molar-refractivity contribution < 1.29 is 47.6 Å². The summed E-state index contributed by atoms with van der Waals surface area (Å²) >= 11 is 0. The first-order valence-corrected chi connectivity index (χ1v) is 12.7. The highest BCUT2D eigenvalue weighted by Gasteiger charge is 2.48. The molecule has 1 fully saturated rings. The number of sulfone groups is 1. The zero-order valence-electron chi connectivity index (χ0n) is 17.1. The molecule has 188 valence electrons. The van der Waals surface area contributed by atoms with Crippen LogP contribution in [0.3, 0.4) is 0 Å². The van der Waals surface area contributed by atoms with Crippen LogP contribution < -0.4 is 4.72 Å². The molecular weight excluding hydrogens is 515 g/mol. The summed E-state index contributed by atoms with van der Waals surface area (Å²) in [6, 6.07) is 4.46. The standard InChI is InChI=1S/C20H18F7NO4S2/c21-18(33(29,30)17-3-1-2-14(12-17)20(25,26)27)10-8-15(9-11-18)28-34(31,32)16-6-4-13(5-7-16)19(22,23)24/h1-7,12,15,28H,8-11H2. The minimum Gasteiger partial charge on any atom is -0.226 e. The molecule has 0 saturated heterocycles. The van der Waals surface area contributed by atoms with Crippen LogP contribution >= 0.6 is 0 Å². The van der Waals surface area contributed by atoms with E-state index in [0.29, 0.717) is 24.3 Å². The Morgan fingerprint density at radius 2 is 1.29 bits per heavy atom. The third-order valence-electron chi connectivity index (χ3n) is 5.50. The van der Waals surface area contributed by atoms with Crippen LogP contribution in [0.4, 0.5) is 30.7 Å². The number of nitrogens with one attached hydrogen (secondary N) is 1. The second-order valence-electron chi connectivity index (χ2n) is 7.83. The van der Waals surface area contributed by atoms with Crippen LogP contribution in [0.1, 0.15) is 36.8 Å². The molecule has 2 aromatic rings. The van der Waals surface area contributed by atoms with Gasteiger partial charge in [-0.25, -0.2) is 25.9 Å². The highest BCUT2D eigenvalue weighted by molar-refractivity contribution is 7.92. The Balaban J connectivity index is 1.73. The molecule has 34 heavy (non-hydrogen) atoms. The van der Waals surface area contributed by atoms with E-state index in [1.165, 1.54) is 0 Å². The first kappa shape index (κ1) is 26.4. The van der Waals surface area contributed by atoms with Gasteiger partial charge in [0, 0.05) is 6.04 Å². The van der Waals surface area contributed by atoms with E-state index >= 15 is 4.39 Å². The van der Waals surface area contributed by atoms with Crippen molar-refractivity contribution in [1.29, 1.82) is 0 Å². The molecule has 0 bridgehead atoms. The van der Waals surface area contributed by atoms with Gasteiger partial charge in [0.25, 0.3) is 0 Å². The molecule has 0 atom stereocenters. The number of halogens is 7. The molecule has 5 nitrogen and oxygen atoms in total. The molecule has 0 amide bonds. The molecule has 14 heteroatoms. The van der Waals surface area contributed by atoms with Crippen LogP contribution in [0.15, 0.2) is 58.3 Å². The minimum atomic E-state index is -4.83. The zero-order chi connectivity index (χ0) is 25.6. The average molecular weight is 533 g/mol. The number of hydrogen-bond acceptors (Lipinski definition) is 4.